The highest BCUT2D eigenvalue weighted by Crippen LogP contribution is 2.11. The van der Waals surface area contributed by atoms with Gasteiger partial charge >= 0.3 is 5.97 Å². The van der Waals surface area contributed by atoms with E-state index in [1.165, 1.54) is 6.92 Å². The first-order valence-corrected chi connectivity index (χ1v) is 2.56. The van der Waals surface area contributed by atoms with Gasteiger partial charge in [-0.25, -0.2) is 4.79 Å². The summed E-state index contributed by atoms with van der Waals surface area (Å²) in [4.78, 5) is 9.87. The number of hydrogen-bond donors (Lipinski definition) is 1. The molecular weight excluding hydrogens is 151 g/mol. The number of allylic oxidation sites excluding steroid dienone is 1. The molecule has 0 amide bonds. The highest BCUT2D eigenvalue weighted by molar-refractivity contribution is 6.46. The van der Waals surface area contributed by atoms with Crippen LogP contribution in [0.4, 0.5) is 0 Å². The third kappa shape index (κ3) is 2.19. The summed E-state index contributed by atoms with van der Waals surface area (Å²) >= 11 is 10.3. The third-order valence-corrected chi connectivity index (χ3v) is 1.22. The summed E-state index contributed by atoms with van der Waals surface area (Å²) in [5.74, 6) is -1.20. The topological polar surface area (TPSA) is 37.3 Å². The summed E-state index contributed by atoms with van der Waals surface area (Å²) in [6.45, 7) is 1.41. The number of hydrogen-bond acceptors (Lipinski definition) is 1. The van der Waals surface area contributed by atoms with Crippen molar-refractivity contribution in [3.8, 4) is 0 Å². The normalized spacial score (nSPS) is 12.9. The van der Waals surface area contributed by atoms with Crippen LogP contribution in [0.5, 0.6) is 0 Å². The lowest BCUT2D eigenvalue weighted by Gasteiger charge is -1.87. The van der Waals surface area contributed by atoms with Crippen LogP contribution in [0.25, 0.3) is 0 Å². The van der Waals surface area contributed by atoms with Crippen LogP contribution in [-0.2, 0) is 4.79 Å². The summed E-state index contributed by atoms with van der Waals surface area (Å²) in [6, 6.07) is 0. The molecule has 0 aromatic heterocycles. The minimum absolute atomic E-state index is 0.0965. The fourth-order valence-corrected chi connectivity index (χ4v) is 0.228. The zero-order chi connectivity index (χ0) is 6.73. The van der Waals surface area contributed by atoms with Crippen LogP contribution < -0.4 is 0 Å². The van der Waals surface area contributed by atoms with Crippen molar-refractivity contribution in [3.63, 3.8) is 0 Å². The van der Waals surface area contributed by atoms with Gasteiger partial charge in [0, 0.05) is 5.03 Å². The van der Waals surface area contributed by atoms with E-state index in [1.807, 2.05) is 0 Å². The Balaban J connectivity index is 4.23. The fraction of sp³-hybridized carbons (Fsp3) is 0.250. The van der Waals surface area contributed by atoms with Gasteiger partial charge in [0.1, 0.15) is 5.03 Å². The smallest absolute Gasteiger partial charge is 0.348 e. The van der Waals surface area contributed by atoms with Crippen LogP contribution in [0.2, 0.25) is 0 Å². The number of carboxylic acid groups (broad SMARTS) is 1. The monoisotopic (exact) mass is 154 g/mol. The van der Waals surface area contributed by atoms with Gasteiger partial charge < -0.3 is 5.11 Å². The van der Waals surface area contributed by atoms with E-state index in [1.54, 1.807) is 0 Å². The summed E-state index contributed by atoms with van der Waals surface area (Å²) < 4.78 is 0. The molecule has 0 fully saturated rings. The highest BCUT2D eigenvalue weighted by Gasteiger charge is 2.04. The van der Waals surface area contributed by atoms with Gasteiger partial charge in [0.2, 0.25) is 0 Å². The Morgan fingerprint density at radius 1 is 1.50 bits per heavy atom. The maximum atomic E-state index is 9.87. The second kappa shape index (κ2) is 2.95. The molecule has 0 aliphatic rings. The van der Waals surface area contributed by atoms with Crippen LogP contribution in [-0.4, -0.2) is 11.1 Å². The Kier molecular flexibility index (Phi) is 2.87. The van der Waals surface area contributed by atoms with E-state index < -0.39 is 5.97 Å². The van der Waals surface area contributed by atoms with E-state index in [0.29, 0.717) is 0 Å². The lowest BCUT2D eigenvalue weighted by atomic mass is 10.5. The minimum atomic E-state index is -1.20. The molecule has 4 heteroatoms. The first kappa shape index (κ1) is 7.79. The van der Waals surface area contributed by atoms with Crippen LogP contribution in [0, 0.1) is 0 Å². The summed E-state index contributed by atoms with van der Waals surface area (Å²) in [5.41, 5.74) is 0. The van der Waals surface area contributed by atoms with E-state index in [4.69, 9.17) is 28.3 Å². The number of halogens is 2. The molecule has 2 nitrogen and oxygen atoms in total. The molecule has 8 heavy (non-hydrogen) atoms. The Bertz CT molecular complexity index is 135. The van der Waals surface area contributed by atoms with Crippen molar-refractivity contribution in [3.05, 3.63) is 10.1 Å². The molecule has 0 saturated heterocycles. The zero-order valence-electron chi connectivity index (χ0n) is 4.11. The summed E-state index contributed by atoms with van der Waals surface area (Å²) in [5, 5.41) is 7.85. The Morgan fingerprint density at radius 2 is 1.88 bits per heavy atom. The number of carboxylic acids is 1. The largest absolute Gasteiger partial charge is 0.477 e. The standard InChI is InChI=1S/C4H4Cl2O2/c1-2(5)3(6)4(7)8/h1H3,(H,7,8)/b3-2-. The maximum Gasteiger partial charge on any atom is 0.348 e. The zero-order valence-corrected chi connectivity index (χ0v) is 5.62. The van der Waals surface area contributed by atoms with Crippen molar-refractivity contribution in [2.24, 2.45) is 0 Å². The maximum absolute atomic E-state index is 9.87. The molecule has 0 unspecified atom stereocenters. The number of aliphatic carboxylic acids is 1. The molecule has 0 aliphatic carbocycles. The van der Waals surface area contributed by atoms with Gasteiger partial charge in [0.15, 0.2) is 0 Å². The number of rotatable bonds is 1. The van der Waals surface area contributed by atoms with Gasteiger partial charge in [0.25, 0.3) is 0 Å². The summed E-state index contributed by atoms with van der Waals surface area (Å²) in [7, 11) is 0. The fourth-order valence-electron chi connectivity index (χ4n) is 0.147. The molecule has 0 bridgehead atoms. The second-order valence-corrected chi connectivity index (χ2v) is 2.10. The van der Waals surface area contributed by atoms with Gasteiger partial charge in [-0.05, 0) is 6.92 Å². The Morgan fingerprint density at radius 3 is 1.88 bits per heavy atom. The van der Waals surface area contributed by atoms with Crippen molar-refractivity contribution in [2.45, 2.75) is 6.92 Å². The number of carbonyl (C=O) groups is 1. The molecule has 0 spiro atoms. The van der Waals surface area contributed by atoms with Crippen molar-refractivity contribution < 1.29 is 9.90 Å². The molecule has 0 atom stereocenters. The molecule has 0 aliphatic heterocycles. The minimum Gasteiger partial charge on any atom is -0.477 e. The van der Waals surface area contributed by atoms with Crippen molar-refractivity contribution in [2.75, 3.05) is 0 Å². The predicted molar refractivity (Wildman–Crippen MR) is 32.0 cm³/mol. The van der Waals surface area contributed by atoms with Crippen LogP contribution in [0.1, 0.15) is 6.92 Å². The van der Waals surface area contributed by atoms with E-state index in [-0.39, 0.29) is 10.1 Å². The van der Waals surface area contributed by atoms with Crippen molar-refractivity contribution in [1.29, 1.82) is 0 Å². The molecule has 0 rings (SSSR count). The molecule has 0 radical (unpaired) electrons. The van der Waals surface area contributed by atoms with Crippen LogP contribution in [0.3, 0.4) is 0 Å². The first-order valence-electron chi connectivity index (χ1n) is 1.81. The molecular formula is C4H4Cl2O2. The third-order valence-electron chi connectivity index (χ3n) is 0.490. The average Bonchev–Trinajstić information content (AvgIpc) is 1.64. The highest BCUT2D eigenvalue weighted by atomic mass is 35.5. The molecule has 0 aromatic carbocycles. The molecule has 46 valence electrons. The lowest BCUT2D eigenvalue weighted by Crippen LogP contribution is -1.93. The van der Waals surface area contributed by atoms with Crippen LogP contribution >= 0.6 is 23.2 Å². The lowest BCUT2D eigenvalue weighted by molar-refractivity contribution is -0.131. The van der Waals surface area contributed by atoms with E-state index in [9.17, 15) is 4.79 Å². The predicted octanol–water partition coefficient (Wildman–Crippen LogP) is 1.78. The van der Waals surface area contributed by atoms with Gasteiger partial charge in [-0.2, -0.15) is 0 Å². The van der Waals surface area contributed by atoms with Gasteiger partial charge in [-0.15, -0.1) is 0 Å². The average molecular weight is 155 g/mol. The van der Waals surface area contributed by atoms with E-state index >= 15 is 0 Å². The molecule has 0 saturated carbocycles. The van der Waals surface area contributed by atoms with E-state index in [2.05, 4.69) is 0 Å². The molecule has 1 N–H and O–H groups in total. The van der Waals surface area contributed by atoms with Crippen LogP contribution in [0.15, 0.2) is 10.1 Å². The first-order chi connectivity index (χ1) is 3.55. The molecule has 0 aromatic rings. The van der Waals surface area contributed by atoms with Crippen molar-refractivity contribution >= 4 is 29.2 Å². The SMILES string of the molecule is C/C(Cl)=C(/Cl)C(=O)O. The van der Waals surface area contributed by atoms with Gasteiger partial charge in [-0.3, -0.25) is 0 Å². The van der Waals surface area contributed by atoms with E-state index in [0.717, 1.165) is 0 Å². The Labute approximate surface area is 56.7 Å². The van der Waals surface area contributed by atoms with Crippen molar-refractivity contribution in [1.82, 2.24) is 0 Å². The Hall–Kier alpha value is -0.210. The molecule has 0 heterocycles. The van der Waals surface area contributed by atoms with Gasteiger partial charge in [-0.1, -0.05) is 23.2 Å². The summed E-state index contributed by atoms with van der Waals surface area (Å²) in [6.07, 6.45) is 0. The quantitative estimate of drug-likeness (QED) is 0.586. The second-order valence-electron chi connectivity index (χ2n) is 1.15. The van der Waals surface area contributed by atoms with Gasteiger partial charge in [0.05, 0.1) is 0 Å².